The van der Waals surface area contributed by atoms with Gasteiger partial charge in [-0.3, -0.25) is 4.98 Å². The van der Waals surface area contributed by atoms with Crippen molar-refractivity contribution in [1.29, 1.82) is 0 Å². The zero-order chi connectivity index (χ0) is 20.9. The van der Waals surface area contributed by atoms with Gasteiger partial charge in [0.15, 0.2) is 0 Å². The Hall–Kier alpha value is -3.39. The normalized spacial score (nSPS) is 13.4. The number of aryl methyl sites for hydroxylation is 2. The summed E-state index contributed by atoms with van der Waals surface area (Å²) in [5.41, 5.74) is 6.53. The van der Waals surface area contributed by atoms with Crippen LogP contribution >= 0.6 is 0 Å². The van der Waals surface area contributed by atoms with Gasteiger partial charge in [-0.05, 0) is 42.1 Å². The summed E-state index contributed by atoms with van der Waals surface area (Å²) in [4.78, 5) is 4.66. The highest BCUT2D eigenvalue weighted by molar-refractivity contribution is 6.06. The zero-order valence-electron chi connectivity index (χ0n) is 17.9. The lowest BCUT2D eigenvalue weighted by Gasteiger charge is -2.09. The number of pyridine rings is 1. The van der Waals surface area contributed by atoms with Crippen LogP contribution in [0.15, 0.2) is 83.4 Å². The van der Waals surface area contributed by atoms with Gasteiger partial charge < -0.3 is 4.42 Å². The number of fused-ring (bicyclic) bond motifs is 3. The summed E-state index contributed by atoms with van der Waals surface area (Å²) in [5, 5.41) is 1.59. The van der Waals surface area contributed by atoms with Crippen LogP contribution in [0.4, 0.5) is 0 Å². The van der Waals surface area contributed by atoms with Crippen LogP contribution in [-0.2, 0) is 0 Å². The SMILES string of the molecule is [2H]C([2H])([2H])c1cccc2c1oc1cc(-c3ccc(C)c(-c4ccccc4)c3)ncc12. The molecule has 2 aromatic heterocycles. The maximum Gasteiger partial charge on any atom is 0.139 e. The number of hydrogen-bond acceptors (Lipinski definition) is 2. The van der Waals surface area contributed by atoms with E-state index < -0.39 is 6.85 Å². The fraction of sp³-hybridized carbons (Fsp3) is 0.0800. The molecule has 0 N–H and O–H groups in total. The van der Waals surface area contributed by atoms with E-state index in [-0.39, 0.29) is 5.56 Å². The number of aromatic nitrogens is 1. The molecule has 2 heteroatoms. The van der Waals surface area contributed by atoms with Crippen LogP contribution < -0.4 is 0 Å². The minimum absolute atomic E-state index is 0.222. The van der Waals surface area contributed by atoms with E-state index in [4.69, 9.17) is 8.53 Å². The fourth-order valence-electron chi connectivity index (χ4n) is 3.56. The van der Waals surface area contributed by atoms with Crippen molar-refractivity contribution >= 4 is 21.9 Å². The summed E-state index contributed by atoms with van der Waals surface area (Å²) in [6.45, 7) is -0.135. The number of nitrogens with zero attached hydrogens (tertiary/aromatic N) is 1. The summed E-state index contributed by atoms with van der Waals surface area (Å²) in [6.07, 6.45) is 1.77. The van der Waals surface area contributed by atoms with Gasteiger partial charge >= 0.3 is 0 Å². The largest absolute Gasteiger partial charge is 0.456 e. The van der Waals surface area contributed by atoms with Crippen molar-refractivity contribution in [3.05, 3.63) is 90.1 Å². The van der Waals surface area contributed by atoms with Crippen molar-refractivity contribution in [3.63, 3.8) is 0 Å². The molecule has 3 aromatic carbocycles. The van der Waals surface area contributed by atoms with Crippen molar-refractivity contribution in [2.45, 2.75) is 13.8 Å². The molecule has 5 rings (SSSR count). The Bertz CT molecular complexity index is 1380. The fourth-order valence-corrected chi connectivity index (χ4v) is 3.56. The highest BCUT2D eigenvalue weighted by Gasteiger charge is 2.12. The second-order valence-corrected chi connectivity index (χ2v) is 6.75. The van der Waals surface area contributed by atoms with Crippen molar-refractivity contribution in [2.24, 2.45) is 0 Å². The monoisotopic (exact) mass is 352 g/mol. The average molecular weight is 352 g/mol. The second kappa shape index (κ2) is 6.10. The van der Waals surface area contributed by atoms with Gasteiger partial charge in [0.25, 0.3) is 0 Å². The third-order valence-electron chi connectivity index (χ3n) is 5.00. The molecule has 2 heterocycles. The quantitative estimate of drug-likeness (QED) is 0.344. The van der Waals surface area contributed by atoms with Crippen LogP contribution in [0.25, 0.3) is 44.3 Å². The summed E-state index contributed by atoms with van der Waals surface area (Å²) in [6, 6.07) is 23.6. The van der Waals surface area contributed by atoms with Gasteiger partial charge in [-0.2, -0.15) is 0 Å². The molecule has 0 radical (unpaired) electrons. The lowest BCUT2D eigenvalue weighted by molar-refractivity contribution is 0.665. The van der Waals surface area contributed by atoms with Gasteiger partial charge in [0.05, 0.1) is 5.69 Å². The Morgan fingerprint density at radius 3 is 2.56 bits per heavy atom. The minimum atomic E-state index is -2.23. The number of furan rings is 1. The molecule has 0 atom stereocenters. The predicted octanol–water partition coefficient (Wildman–Crippen LogP) is 6.93. The Morgan fingerprint density at radius 1 is 0.815 bits per heavy atom. The van der Waals surface area contributed by atoms with Crippen molar-refractivity contribution in [2.75, 3.05) is 0 Å². The van der Waals surface area contributed by atoms with Crippen molar-refractivity contribution in [3.8, 4) is 22.4 Å². The topological polar surface area (TPSA) is 26.0 Å². The molecule has 27 heavy (non-hydrogen) atoms. The van der Waals surface area contributed by atoms with Gasteiger partial charge in [-0.25, -0.2) is 0 Å². The van der Waals surface area contributed by atoms with E-state index in [0.717, 1.165) is 33.2 Å². The highest BCUT2D eigenvalue weighted by atomic mass is 16.3. The summed E-state index contributed by atoms with van der Waals surface area (Å²) >= 11 is 0. The van der Waals surface area contributed by atoms with Crippen LogP contribution in [0.5, 0.6) is 0 Å². The molecule has 0 saturated carbocycles. The average Bonchev–Trinajstić information content (AvgIpc) is 3.11. The number of hydrogen-bond donors (Lipinski definition) is 0. The van der Waals surface area contributed by atoms with Gasteiger partial charge in [-0.1, -0.05) is 60.7 Å². The molecule has 0 spiro atoms. The third kappa shape index (κ3) is 2.61. The highest BCUT2D eigenvalue weighted by Crippen LogP contribution is 2.34. The lowest BCUT2D eigenvalue weighted by atomic mass is 9.97. The molecule has 5 aromatic rings. The first-order valence-corrected chi connectivity index (χ1v) is 8.90. The first kappa shape index (κ1) is 12.9. The molecule has 0 aliphatic carbocycles. The second-order valence-electron chi connectivity index (χ2n) is 6.75. The van der Waals surface area contributed by atoms with Gasteiger partial charge in [0, 0.05) is 32.7 Å². The first-order chi connectivity index (χ1) is 14.4. The Balaban J connectivity index is 1.67. The molecular weight excluding hydrogens is 330 g/mol. The van der Waals surface area contributed by atoms with Crippen molar-refractivity contribution < 1.29 is 8.53 Å². The smallest absolute Gasteiger partial charge is 0.139 e. The van der Waals surface area contributed by atoms with E-state index in [1.165, 1.54) is 5.56 Å². The Labute approximate surface area is 162 Å². The van der Waals surface area contributed by atoms with Gasteiger partial charge in [-0.15, -0.1) is 0 Å². The summed E-state index contributed by atoms with van der Waals surface area (Å²) in [5.74, 6) is 0. The van der Waals surface area contributed by atoms with Crippen LogP contribution in [0.1, 0.15) is 15.2 Å². The minimum Gasteiger partial charge on any atom is -0.456 e. The zero-order valence-corrected chi connectivity index (χ0v) is 14.9. The summed E-state index contributed by atoms with van der Waals surface area (Å²) in [7, 11) is 0. The molecule has 2 nitrogen and oxygen atoms in total. The first-order valence-electron chi connectivity index (χ1n) is 10.4. The van der Waals surface area contributed by atoms with Crippen LogP contribution in [0.2, 0.25) is 0 Å². The molecule has 0 fully saturated rings. The number of benzene rings is 3. The molecule has 0 saturated heterocycles. The van der Waals surface area contributed by atoms with Crippen LogP contribution in [0.3, 0.4) is 0 Å². The van der Waals surface area contributed by atoms with E-state index in [1.54, 1.807) is 18.3 Å². The van der Waals surface area contributed by atoms with Gasteiger partial charge in [0.1, 0.15) is 11.2 Å². The maximum absolute atomic E-state index is 7.79. The van der Waals surface area contributed by atoms with E-state index >= 15 is 0 Å². The molecule has 130 valence electrons. The van der Waals surface area contributed by atoms with Gasteiger partial charge in [0.2, 0.25) is 0 Å². The molecule has 0 amide bonds. The Kier molecular flexibility index (Phi) is 2.91. The third-order valence-corrected chi connectivity index (χ3v) is 5.00. The van der Waals surface area contributed by atoms with Crippen LogP contribution in [0, 0.1) is 13.8 Å². The van der Waals surface area contributed by atoms with E-state index in [9.17, 15) is 0 Å². The van der Waals surface area contributed by atoms with E-state index in [0.29, 0.717) is 11.2 Å². The molecule has 0 aliphatic rings. The molecule has 0 bridgehead atoms. The lowest BCUT2D eigenvalue weighted by Crippen LogP contribution is -1.87. The summed E-state index contributed by atoms with van der Waals surface area (Å²) < 4.78 is 29.4. The Morgan fingerprint density at radius 2 is 1.70 bits per heavy atom. The van der Waals surface area contributed by atoms with E-state index in [1.807, 2.05) is 36.4 Å². The molecule has 0 aliphatic heterocycles. The van der Waals surface area contributed by atoms with Crippen molar-refractivity contribution in [1.82, 2.24) is 4.98 Å². The predicted molar refractivity (Wildman–Crippen MR) is 112 cm³/mol. The molecule has 0 unspecified atom stereocenters. The molecular formula is C25H19NO. The standard InChI is InChI=1S/C25H19NO/c1-16-11-12-19(13-21(16)18-8-4-3-5-9-18)23-14-24-22(15-26-23)20-10-6-7-17(2)25(20)27-24/h3-15H,1-2H3/i2D3. The number of rotatable bonds is 2. The van der Waals surface area contributed by atoms with E-state index in [2.05, 4.69) is 36.2 Å². The van der Waals surface area contributed by atoms with Crippen LogP contribution in [-0.4, -0.2) is 4.98 Å². The number of para-hydroxylation sites is 1. The maximum atomic E-state index is 7.79.